The summed E-state index contributed by atoms with van der Waals surface area (Å²) in [4.78, 5) is 38.4. The minimum atomic E-state index is -0.794. The molecule has 79 heavy (non-hydrogen) atoms. The quantitative estimate of drug-likeness (QED) is 0.0261. The highest BCUT2D eigenvalue weighted by Gasteiger charge is 2.19. The molecule has 1 atom stereocenters. The van der Waals surface area contributed by atoms with Crippen LogP contribution in [0.4, 0.5) is 0 Å². The van der Waals surface area contributed by atoms with Crippen LogP contribution in [-0.4, -0.2) is 37.2 Å². The second-order valence-electron chi connectivity index (χ2n) is 22.3. The molecular formula is C73H126O6. The second kappa shape index (κ2) is 66.8. The van der Waals surface area contributed by atoms with Crippen LogP contribution in [0.15, 0.2) is 97.2 Å². The lowest BCUT2D eigenvalue weighted by molar-refractivity contribution is -0.167. The van der Waals surface area contributed by atoms with Gasteiger partial charge in [0.2, 0.25) is 0 Å². The summed E-state index contributed by atoms with van der Waals surface area (Å²) in [5, 5.41) is 0. The van der Waals surface area contributed by atoms with Gasteiger partial charge in [-0.1, -0.05) is 285 Å². The van der Waals surface area contributed by atoms with Crippen LogP contribution in [0.1, 0.15) is 329 Å². The van der Waals surface area contributed by atoms with E-state index in [2.05, 4.69) is 118 Å². The molecule has 0 fully saturated rings. The van der Waals surface area contributed by atoms with E-state index in [1.165, 1.54) is 180 Å². The zero-order chi connectivity index (χ0) is 57.1. The maximum absolute atomic E-state index is 12.9. The van der Waals surface area contributed by atoms with Gasteiger partial charge < -0.3 is 14.2 Å². The van der Waals surface area contributed by atoms with E-state index in [0.29, 0.717) is 19.3 Å². The van der Waals surface area contributed by atoms with Crippen LogP contribution >= 0.6 is 0 Å². The van der Waals surface area contributed by atoms with Crippen LogP contribution in [0, 0.1) is 0 Å². The largest absolute Gasteiger partial charge is 0.462 e. The highest BCUT2D eigenvalue weighted by atomic mass is 16.6. The summed E-state index contributed by atoms with van der Waals surface area (Å²) in [6.07, 6.45) is 89.8. The van der Waals surface area contributed by atoms with Gasteiger partial charge >= 0.3 is 17.9 Å². The van der Waals surface area contributed by atoms with Gasteiger partial charge in [0.1, 0.15) is 13.2 Å². The third-order valence-electron chi connectivity index (χ3n) is 14.5. The first-order chi connectivity index (χ1) is 39.0. The zero-order valence-electron chi connectivity index (χ0n) is 52.1. The number of ether oxygens (including phenoxy) is 3. The molecule has 0 bridgehead atoms. The van der Waals surface area contributed by atoms with Crippen LogP contribution in [-0.2, 0) is 28.6 Å². The molecule has 0 aliphatic carbocycles. The first kappa shape index (κ1) is 75.3. The van der Waals surface area contributed by atoms with Crippen molar-refractivity contribution in [3.63, 3.8) is 0 Å². The predicted octanol–water partition coefficient (Wildman–Crippen LogP) is 23.2. The number of rotatable bonds is 61. The van der Waals surface area contributed by atoms with Gasteiger partial charge in [-0.2, -0.15) is 0 Å². The Hall–Kier alpha value is -3.67. The Balaban J connectivity index is 4.43. The molecule has 0 saturated heterocycles. The molecule has 0 aromatic carbocycles. The Kier molecular flexibility index (Phi) is 63.7. The molecule has 0 rings (SSSR count). The average Bonchev–Trinajstić information content (AvgIpc) is 3.45. The molecule has 0 N–H and O–H groups in total. The molecule has 1 unspecified atom stereocenters. The SMILES string of the molecule is CC/C=C\C/C=C\C/C=C\C/C=C\C/C=C\C/C=C\CCCCCCC(=O)OCC(COC(=O)CCCCCCCCC/C=C\CCCCCCCC)OC(=O)CCCCCCCCCCC/C=C\CCCCCCCCCC. The van der Waals surface area contributed by atoms with E-state index < -0.39 is 6.10 Å². The maximum atomic E-state index is 12.9. The van der Waals surface area contributed by atoms with Crippen LogP contribution in [0.5, 0.6) is 0 Å². The van der Waals surface area contributed by atoms with E-state index in [4.69, 9.17) is 14.2 Å². The predicted molar refractivity (Wildman–Crippen MR) is 344 cm³/mol. The molecule has 0 aromatic heterocycles. The molecule has 0 aromatic rings. The molecule has 0 radical (unpaired) electrons. The lowest BCUT2D eigenvalue weighted by Gasteiger charge is -2.18. The Morgan fingerprint density at radius 3 is 0.785 bits per heavy atom. The van der Waals surface area contributed by atoms with Crippen LogP contribution < -0.4 is 0 Å². The number of hydrogen-bond donors (Lipinski definition) is 0. The number of esters is 3. The molecule has 6 heteroatoms. The normalized spacial score (nSPS) is 12.7. The van der Waals surface area contributed by atoms with Crippen LogP contribution in [0.3, 0.4) is 0 Å². The van der Waals surface area contributed by atoms with Gasteiger partial charge in [-0.05, 0) is 122 Å². The number of carbonyl (C=O) groups excluding carboxylic acids is 3. The van der Waals surface area contributed by atoms with Gasteiger partial charge in [-0.15, -0.1) is 0 Å². The fourth-order valence-electron chi connectivity index (χ4n) is 9.50. The highest BCUT2D eigenvalue weighted by Crippen LogP contribution is 2.16. The van der Waals surface area contributed by atoms with Crippen molar-refractivity contribution >= 4 is 17.9 Å². The van der Waals surface area contributed by atoms with Gasteiger partial charge in [-0.3, -0.25) is 14.4 Å². The molecule has 6 nitrogen and oxygen atoms in total. The highest BCUT2D eigenvalue weighted by molar-refractivity contribution is 5.71. The molecule has 0 saturated carbocycles. The minimum absolute atomic E-state index is 0.0878. The summed E-state index contributed by atoms with van der Waals surface area (Å²) in [5.41, 5.74) is 0. The Morgan fingerprint density at radius 1 is 0.266 bits per heavy atom. The Bertz CT molecular complexity index is 1540. The molecule has 0 heterocycles. The van der Waals surface area contributed by atoms with E-state index in [-0.39, 0.29) is 31.1 Å². The molecule has 0 spiro atoms. The van der Waals surface area contributed by atoms with Crippen molar-refractivity contribution in [2.75, 3.05) is 13.2 Å². The standard InChI is InChI=1S/C73H126O6/c1-4-7-10-13-16-19-22-25-28-31-33-35-36-38-39-42-45-48-51-54-57-60-63-66-72(75)78-69-70(68-77-71(74)65-62-59-56-53-50-47-44-41-30-27-24-21-18-15-12-9-6-3)79-73(76)67-64-61-58-55-52-49-46-43-40-37-34-32-29-26-23-20-17-14-11-8-5-2/h7,10,16,19,25,27-28,30,32-35,38-39,45,48,70H,4-6,8-9,11-15,17-18,20-24,26,29,31,36-37,40-44,46-47,49-69H2,1-3H3/b10-7-,19-16-,28-25-,30-27-,34-32-,35-33-,39-38-,48-45-. The minimum Gasteiger partial charge on any atom is -0.462 e. The molecule has 0 aliphatic rings. The van der Waals surface area contributed by atoms with E-state index in [1.54, 1.807) is 0 Å². The molecular weight excluding hydrogens is 973 g/mol. The van der Waals surface area contributed by atoms with Crippen molar-refractivity contribution in [1.82, 2.24) is 0 Å². The third kappa shape index (κ3) is 65.0. The molecule has 454 valence electrons. The number of unbranched alkanes of at least 4 members (excludes halogenated alkanes) is 34. The Morgan fingerprint density at radius 2 is 0.494 bits per heavy atom. The number of carbonyl (C=O) groups is 3. The molecule has 0 amide bonds. The van der Waals surface area contributed by atoms with Crippen LogP contribution in [0.25, 0.3) is 0 Å². The van der Waals surface area contributed by atoms with Crippen molar-refractivity contribution in [1.29, 1.82) is 0 Å². The summed E-state index contributed by atoms with van der Waals surface area (Å²) >= 11 is 0. The first-order valence-electron chi connectivity index (χ1n) is 33.7. The van der Waals surface area contributed by atoms with Gasteiger partial charge in [0.05, 0.1) is 0 Å². The van der Waals surface area contributed by atoms with Gasteiger partial charge in [0.25, 0.3) is 0 Å². The zero-order valence-corrected chi connectivity index (χ0v) is 52.1. The van der Waals surface area contributed by atoms with E-state index in [0.717, 1.165) is 109 Å². The van der Waals surface area contributed by atoms with Gasteiger partial charge in [0, 0.05) is 19.3 Å². The average molecular weight is 1100 g/mol. The smallest absolute Gasteiger partial charge is 0.306 e. The van der Waals surface area contributed by atoms with Crippen molar-refractivity contribution in [2.45, 2.75) is 335 Å². The van der Waals surface area contributed by atoms with Gasteiger partial charge in [0.15, 0.2) is 6.10 Å². The van der Waals surface area contributed by atoms with Crippen molar-refractivity contribution in [2.24, 2.45) is 0 Å². The second-order valence-corrected chi connectivity index (χ2v) is 22.3. The van der Waals surface area contributed by atoms with Crippen LogP contribution in [0.2, 0.25) is 0 Å². The summed E-state index contributed by atoms with van der Waals surface area (Å²) in [6, 6.07) is 0. The molecule has 0 aliphatic heterocycles. The van der Waals surface area contributed by atoms with Crippen molar-refractivity contribution in [3.8, 4) is 0 Å². The Labute approximate surface area is 489 Å². The van der Waals surface area contributed by atoms with E-state index in [9.17, 15) is 14.4 Å². The maximum Gasteiger partial charge on any atom is 0.306 e. The monoisotopic (exact) mass is 1100 g/mol. The fraction of sp³-hybridized carbons (Fsp3) is 0.740. The lowest BCUT2D eigenvalue weighted by atomic mass is 10.1. The summed E-state index contributed by atoms with van der Waals surface area (Å²) in [5.74, 6) is -0.907. The summed E-state index contributed by atoms with van der Waals surface area (Å²) < 4.78 is 17.0. The first-order valence-corrected chi connectivity index (χ1v) is 33.7. The third-order valence-corrected chi connectivity index (χ3v) is 14.5. The lowest BCUT2D eigenvalue weighted by Crippen LogP contribution is -2.30. The van der Waals surface area contributed by atoms with E-state index in [1.807, 2.05) is 0 Å². The summed E-state index contributed by atoms with van der Waals surface area (Å²) in [7, 11) is 0. The number of allylic oxidation sites excluding steroid dienone is 16. The topological polar surface area (TPSA) is 78.9 Å². The van der Waals surface area contributed by atoms with Crippen molar-refractivity contribution in [3.05, 3.63) is 97.2 Å². The number of hydrogen-bond acceptors (Lipinski definition) is 6. The summed E-state index contributed by atoms with van der Waals surface area (Å²) in [6.45, 7) is 6.53. The van der Waals surface area contributed by atoms with E-state index >= 15 is 0 Å². The van der Waals surface area contributed by atoms with Gasteiger partial charge in [-0.25, -0.2) is 0 Å². The fourth-order valence-corrected chi connectivity index (χ4v) is 9.50. The van der Waals surface area contributed by atoms with Crippen molar-refractivity contribution < 1.29 is 28.6 Å².